The first-order chi connectivity index (χ1) is 10.8. The van der Waals surface area contributed by atoms with Crippen LogP contribution in [0.15, 0.2) is 21.9 Å². The summed E-state index contributed by atoms with van der Waals surface area (Å²) in [6.45, 7) is 10.3. The Morgan fingerprint density at radius 1 is 1.42 bits per heavy atom. The highest BCUT2D eigenvalue weighted by Gasteiger charge is 2.52. The van der Waals surface area contributed by atoms with Gasteiger partial charge in [-0.2, -0.15) is 0 Å². The van der Waals surface area contributed by atoms with E-state index in [1.54, 1.807) is 0 Å². The molecule has 1 aromatic rings. The highest BCUT2D eigenvalue weighted by Crippen LogP contribution is 2.43. The van der Waals surface area contributed by atoms with E-state index in [4.69, 9.17) is 9.16 Å². The van der Waals surface area contributed by atoms with E-state index in [0.29, 0.717) is 4.57 Å². The zero-order valence-electron chi connectivity index (χ0n) is 14.6. The van der Waals surface area contributed by atoms with Gasteiger partial charge in [0.25, 0.3) is 11.5 Å². The summed E-state index contributed by atoms with van der Waals surface area (Å²) in [6.07, 6.45) is -2.05. The van der Waals surface area contributed by atoms with Crippen LogP contribution in [0.25, 0.3) is 0 Å². The number of halogens is 2. The minimum atomic E-state index is -3.22. The van der Waals surface area contributed by atoms with Crippen LogP contribution in [0.3, 0.4) is 0 Å². The lowest BCUT2D eigenvalue weighted by Crippen LogP contribution is -2.42. The van der Waals surface area contributed by atoms with Crippen LogP contribution in [-0.4, -0.2) is 36.5 Å². The van der Waals surface area contributed by atoms with Crippen molar-refractivity contribution in [2.75, 3.05) is 6.61 Å². The van der Waals surface area contributed by atoms with Gasteiger partial charge in [-0.05, 0) is 18.1 Å². The van der Waals surface area contributed by atoms with Crippen LogP contribution in [0.2, 0.25) is 18.1 Å². The van der Waals surface area contributed by atoms with Gasteiger partial charge in [0.2, 0.25) is 6.23 Å². The molecule has 0 spiro atoms. The maximum atomic E-state index is 14.3. The van der Waals surface area contributed by atoms with Gasteiger partial charge in [-0.25, -0.2) is 13.6 Å². The molecule has 1 aliphatic heterocycles. The molecule has 0 amide bonds. The Hall–Kier alpha value is -1.32. The Morgan fingerprint density at radius 3 is 2.58 bits per heavy atom. The van der Waals surface area contributed by atoms with Crippen LogP contribution >= 0.6 is 0 Å². The van der Waals surface area contributed by atoms with E-state index < -0.39 is 44.2 Å². The van der Waals surface area contributed by atoms with E-state index in [9.17, 15) is 18.4 Å². The molecule has 1 aromatic heterocycles. The van der Waals surface area contributed by atoms with E-state index in [1.807, 2.05) is 18.1 Å². The smallest absolute Gasteiger partial charge is 0.330 e. The molecule has 1 N–H and O–H groups in total. The fourth-order valence-electron chi connectivity index (χ4n) is 2.23. The van der Waals surface area contributed by atoms with Crippen LogP contribution < -0.4 is 11.2 Å². The molecule has 1 saturated heterocycles. The highest BCUT2D eigenvalue weighted by atomic mass is 28.4. The summed E-state index contributed by atoms with van der Waals surface area (Å²) < 4.78 is 40.6. The van der Waals surface area contributed by atoms with Gasteiger partial charge in [0.15, 0.2) is 8.32 Å². The fraction of sp³-hybridized carbons (Fsp3) is 0.733. The van der Waals surface area contributed by atoms with Crippen molar-refractivity contribution >= 4 is 8.32 Å². The minimum absolute atomic E-state index is 0.0383. The maximum absolute atomic E-state index is 14.3. The normalized spacial score (nSPS) is 24.3. The van der Waals surface area contributed by atoms with Crippen LogP contribution in [-0.2, 0) is 9.16 Å². The lowest BCUT2D eigenvalue weighted by Gasteiger charge is -2.36. The number of nitrogens with zero attached hydrogens (tertiary/aromatic N) is 1. The Morgan fingerprint density at radius 2 is 2.04 bits per heavy atom. The SMILES string of the molecule is CC(C)(C)[Si](C)(C)OC[C@@H]1CC(F)(F)[C@H](n2ccc(=O)[nH]c2=O)O1. The lowest BCUT2D eigenvalue weighted by atomic mass is 10.2. The number of rotatable bonds is 4. The first-order valence-electron chi connectivity index (χ1n) is 7.82. The zero-order chi connectivity index (χ0) is 18.3. The minimum Gasteiger partial charge on any atom is -0.414 e. The number of hydrogen-bond donors (Lipinski definition) is 1. The summed E-state index contributed by atoms with van der Waals surface area (Å²) in [7, 11) is -2.08. The second-order valence-electron chi connectivity index (χ2n) is 7.66. The van der Waals surface area contributed by atoms with Gasteiger partial charge in [0.1, 0.15) is 0 Å². The molecule has 0 bridgehead atoms. The molecule has 0 unspecified atom stereocenters. The summed E-state index contributed by atoms with van der Waals surface area (Å²) in [5.74, 6) is -3.22. The second-order valence-corrected chi connectivity index (χ2v) is 12.5. The topological polar surface area (TPSA) is 73.3 Å². The molecule has 0 radical (unpaired) electrons. The van der Waals surface area contributed by atoms with E-state index in [2.05, 4.69) is 20.8 Å². The number of H-pyrrole nitrogens is 1. The molecule has 2 heterocycles. The molecule has 2 rings (SSSR count). The van der Waals surface area contributed by atoms with E-state index in [1.165, 1.54) is 0 Å². The summed E-state index contributed by atoms with van der Waals surface area (Å²) in [5.41, 5.74) is -1.56. The van der Waals surface area contributed by atoms with Gasteiger partial charge in [-0.1, -0.05) is 20.8 Å². The summed E-state index contributed by atoms with van der Waals surface area (Å²) in [5, 5.41) is -0.0383. The molecule has 0 aromatic carbocycles. The Kier molecular flexibility index (Phi) is 4.91. The number of nitrogens with one attached hydrogen (secondary N) is 1. The molecule has 24 heavy (non-hydrogen) atoms. The molecule has 6 nitrogen and oxygen atoms in total. The molecule has 2 atom stereocenters. The Bertz CT molecular complexity index is 708. The van der Waals surface area contributed by atoms with Crippen LogP contribution in [0.4, 0.5) is 8.78 Å². The number of hydrogen-bond acceptors (Lipinski definition) is 4. The quantitative estimate of drug-likeness (QED) is 0.835. The average Bonchev–Trinajstić information content (AvgIpc) is 2.70. The van der Waals surface area contributed by atoms with Crippen LogP contribution in [0, 0.1) is 0 Å². The number of ether oxygens (including phenoxy) is 1. The summed E-state index contributed by atoms with van der Waals surface area (Å²) in [6, 6.07) is 1.01. The highest BCUT2D eigenvalue weighted by molar-refractivity contribution is 6.74. The van der Waals surface area contributed by atoms with E-state index in [0.717, 1.165) is 12.3 Å². The maximum Gasteiger partial charge on any atom is 0.330 e. The molecule has 9 heteroatoms. The monoisotopic (exact) mass is 362 g/mol. The lowest BCUT2D eigenvalue weighted by molar-refractivity contribution is -0.119. The first-order valence-corrected chi connectivity index (χ1v) is 10.7. The number of aromatic nitrogens is 2. The van der Waals surface area contributed by atoms with E-state index in [-0.39, 0.29) is 11.6 Å². The van der Waals surface area contributed by atoms with Gasteiger partial charge in [-0.3, -0.25) is 14.3 Å². The van der Waals surface area contributed by atoms with Crippen molar-refractivity contribution in [3.8, 4) is 0 Å². The molecule has 1 aliphatic rings. The predicted octanol–water partition coefficient (Wildman–Crippen LogP) is 2.48. The third-order valence-corrected chi connectivity index (χ3v) is 9.22. The second kappa shape index (κ2) is 6.20. The van der Waals surface area contributed by atoms with Crippen molar-refractivity contribution in [2.24, 2.45) is 0 Å². The predicted molar refractivity (Wildman–Crippen MR) is 87.9 cm³/mol. The van der Waals surface area contributed by atoms with Crippen molar-refractivity contribution < 1.29 is 17.9 Å². The van der Waals surface area contributed by atoms with Gasteiger partial charge >= 0.3 is 5.69 Å². The molecule has 0 aliphatic carbocycles. The molecular formula is C15H24F2N2O4Si. The van der Waals surface area contributed by atoms with Gasteiger partial charge in [-0.15, -0.1) is 0 Å². The molecular weight excluding hydrogens is 338 g/mol. The van der Waals surface area contributed by atoms with Gasteiger partial charge in [0.05, 0.1) is 12.7 Å². The summed E-state index contributed by atoms with van der Waals surface area (Å²) >= 11 is 0. The van der Waals surface area contributed by atoms with Crippen molar-refractivity contribution in [1.29, 1.82) is 0 Å². The van der Waals surface area contributed by atoms with Crippen molar-refractivity contribution in [3.05, 3.63) is 33.1 Å². The largest absolute Gasteiger partial charge is 0.414 e. The van der Waals surface area contributed by atoms with Crippen molar-refractivity contribution in [3.63, 3.8) is 0 Å². The van der Waals surface area contributed by atoms with Crippen molar-refractivity contribution in [2.45, 2.75) is 63.6 Å². The zero-order valence-corrected chi connectivity index (χ0v) is 15.6. The van der Waals surface area contributed by atoms with Crippen LogP contribution in [0.5, 0.6) is 0 Å². The first kappa shape index (κ1) is 19.0. The average molecular weight is 362 g/mol. The Balaban J connectivity index is 2.13. The number of aromatic amines is 1. The summed E-state index contributed by atoms with van der Waals surface area (Å²) in [4.78, 5) is 24.8. The van der Waals surface area contributed by atoms with Gasteiger partial charge in [0, 0.05) is 18.7 Å². The fourth-order valence-corrected chi connectivity index (χ4v) is 3.27. The van der Waals surface area contributed by atoms with Crippen molar-refractivity contribution in [1.82, 2.24) is 9.55 Å². The molecule has 136 valence electrons. The molecule has 0 saturated carbocycles. The third-order valence-electron chi connectivity index (χ3n) is 4.72. The van der Waals surface area contributed by atoms with Gasteiger partial charge < -0.3 is 9.16 Å². The van der Waals surface area contributed by atoms with Crippen LogP contribution in [0.1, 0.15) is 33.4 Å². The third kappa shape index (κ3) is 3.84. The Labute approximate surface area is 139 Å². The van der Waals surface area contributed by atoms with E-state index >= 15 is 0 Å². The number of alkyl halides is 2. The molecule has 1 fully saturated rings. The standard InChI is InChI=1S/C15H24F2N2O4Si/c1-14(2,3)24(4,5)22-9-10-8-15(16,17)12(23-10)19-7-6-11(20)18-13(19)21/h6-7,10,12H,8-9H2,1-5H3,(H,18,20,21)/t10-,12+/m0/s1.